The molecule has 1 heteroatoms. The van der Waals surface area contributed by atoms with Gasteiger partial charge in [-0.05, 0) is 107 Å². The van der Waals surface area contributed by atoms with Crippen LogP contribution in [-0.2, 0) is 0 Å². The largest absolute Gasteiger partial charge is 0.264 e. The minimum Gasteiger partial charge on any atom is -0.264 e. The Morgan fingerprint density at radius 2 is 1.41 bits per heavy atom. The molecule has 0 saturated heterocycles. The average Bonchev–Trinajstić information content (AvgIpc) is 3.16. The first-order valence-electron chi connectivity index (χ1n) is 11.4. The maximum absolute atomic E-state index is 2.81. The molecule has 154 valence electrons. The summed E-state index contributed by atoms with van der Waals surface area (Å²) in [5.41, 5.74) is 10.0. The van der Waals surface area contributed by atoms with Crippen LogP contribution in [0.5, 0.6) is 0 Å². The summed E-state index contributed by atoms with van der Waals surface area (Å²) in [6.07, 6.45) is 14.8. The van der Waals surface area contributed by atoms with Crippen molar-refractivity contribution in [3.63, 3.8) is 0 Å². The van der Waals surface area contributed by atoms with E-state index >= 15 is 0 Å². The van der Waals surface area contributed by atoms with Gasteiger partial charge in [-0.1, -0.05) is 44.1 Å². The Balaban J connectivity index is 2.41. The Morgan fingerprint density at radius 1 is 0.889 bits per heavy atom. The third-order valence-electron chi connectivity index (χ3n) is 10.5. The SMILES string of the molecule is CCC1([SH](C)(CC)(CC)C2(C)C(C)=C(C)C(C)=C2C)C=CC2=C1CCCC2. The third kappa shape index (κ3) is 2.08. The molecule has 1 atom stereocenters. The van der Waals surface area contributed by atoms with Crippen molar-refractivity contribution >= 4 is 9.16 Å². The molecule has 1 unspecified atom stereocenters. The van der Waals surface area contributed by atoms with E-state index in [1.54, 1.807) is 27.9 Å². The first-order chi connectivity index (χ1) is 12.6. The lowest BCUT2D eigenvalue weighted by atomic mass is 9.87. The first kappa shape index (κ1) is 21.0. The summed E-state index contributed by atoms with van der Waals surface area (Å²) in [5, 5.41) is 0. The summed E-state index contributed by atoms with van der Waals surface area (Å²) in [6, 6.07) is 0. The van der Waals surface area contributed by atoms with Crippen molar-refractivity contribution in [2.24, 2.45) is 0 Å². The van der Waals surface area contributed by atoms with Crippen molar-refractivity contribution in [3.05, 3.63) is 45.6 Å². The van der Waals surface area contributed by atoms with E-state index in [2.05, 4.69) is 73.8 Å². The van der Waals surface area contributed by atoms with Crippen LogP contribution in [-0.4, -0.2) is 27.3 Å². The molecule has 0 bridgehead atoms. The predicted octanol–water partition coefficient (Wildman–Crippen LogP) is 7.76. The zero-order chi connectivity index (χ0) is 20.3. The van der Waals surface area contributed by atoms with E-state index in [1.807, 2.05) is 5.57 Å². The van der Waals surface area contributed by atoms with Gasteiger partial charge in [0.25, 0.3) is 0 Å². The molecule has 0 fully saturated rings. The van der Waals surface area contributed by atoms with Gasteiger partial charge in [0, 0.05) is 9.49 Å². The highest BCUT2D eigenvalue weighted by atomic mass is 32.3. The summed E-state index contributed by atoms with van der Waals surface area (Å²) in [4.78, 5) is 0. The van der Waals surface area contributed by atoms with Crippen molar-refractivity contribution in [1.29, 1.82) is 0 Å². The quantitative estimate of drug-likeness (QED) is 0.457. The van der Waals surface area contributed by atoms with Crippen molar-refractivity contribution < 1.29 is 0 Å². The van der Waals surface area contributed by atoms with E-state index in [0.717, 1.165) is 0 Å². The van der Waals surface area contributed by atoms with Gasteiger partial charge in [0.2, 0.25) is 0 Å². The number of thiol groups is 1. The molecule has 0 nitrogen and oxygen atoms in total. The maximum Gasteiger partial charge on any atom is 0.0282 e. The fourth-order valence-electron chi connectivity index (χ4n) is 7.72. The molecule has 3 aliphatic carbocycles. The highest BCUT2D eigenvalue weighted by molar-refractivity contribution is 8.51. The Labute approximate surface area is 169 Å². The summed E-state index contributed by atoms with van der Waals surface area (Å²) in [7, 11) is -2.25. The van der Waals surface area contributed by atoms with Crippen molar-refractivity contribution in [1.82, 2.24) is 0 Å². The van der Waals surface area contributed by atoms with Crippen LogP contribution in [0.1, 0.15) is 87.5 Å². The van der Waals surface area contributed by atoms with E-state index in [4.69, 9.17) is 0 Å². The maximum atomic E-state index is 2.81. The molecular formula is C26H44S. The van der Waals surface area contributed by atoms with Crippen molar-refractivity contribution in [2.75, 3.05) is 17.8 Å². The molecule has 0 aromatic rings. The lowest BCUT2D eigenvalue weighted by molar-refractivity contribution is 0.620. The second-order valence-corrected chi connectivity index (χ2v) is 17.1. The van der Waals surface area contributed by atoms with E-state index < -0.39 is 9.16 Å². The molecule has 0 aromatic carbocycles. The van der Waals surface area contributed by atoms with Gasteiger partial charge < -0.3 is 0 Å². The van der Waals surface area contributed by atoms with Crippen LogP contribution in [0.3, 0.4) is 0 Å². The molecular weight excluding hydrogens is 344 g/mol. The zero-order valence-corrected chi connectivity index (χ0v) is 20.4. The van der Waals surface area contributed by atoms with Gasteiger partial charge in [-0.3, -0.25) is 9.16 Å². The molecule has 0 saturated carbocycles. The van der Waals surface area contributed by atoms with Gasteiger partial charge in [-0.25, -0.2) is 0 Å². The first-order valence-corrected chi connectivity index (χ1v) is 14.4. The standard InChI is InChI=1S/C26H44S/c1-10-26(18-17-23-15-13-14-16-24(23)26)27(9,11-2,12-3)25(8)21(6)19(4)20(5)22(25)7/h17-18,27H,10-16H2,1-9H3. The Bertz CT molecular complexity index is 757. The Morgan fingerprint density at radius 3 is 1.89 bits per heavy atom. The molecule has 0 N–H and O–H groups in total. The van der Waals surface area contributed by atoms with Crippen LogP contribution < -0.4 is 0 Å². The third-order valence-corrected chi connectivity index (χ3v) is 20.2. The monoisotopic (exact) mass is 388 g/mol. The molecule has 27 heavy (non-hydrogen) atoms. The van der Waals surface area contributed by atoms with Gasteiger partial charge in [0.05, 0.1) is 0 Å². The normalized spacial score (nSPS) is 29.4. The summed E-state index contributed by atoms with van der Waals surface area (Å²) >= 11 is 0. The van der Waals surface area contributed by atoms with Gasteiger partial charge in [0.1, 0.15) is 0 Å². The van der Waals surface area contributed by atoms with Crippen LogP contribution in [0.25, 0.3) is 0 Å². The fraction of sp³-hybridized carbons (Fsp3) is 0.692. The molecule has 0 aliphatic heterocycles. The number of hydrogen-bond donors (Lipinski definition) is 1. The molecule has 0 amide bonds. The second-order valence-electron chi connectivity index (χ2n) is 10.1. The predicted molar refractivity (Wildman–Crippen MR) is 129 cm³/mol. The van der Waals surface area contributed by atoms with E-state index in [9.17, 15) is 0 Å². The highest BCUT2D eigenvalue weighted by Crippen LogP contribution is 2.89. The van der Waals surface area contributed by atoms with Gasteiger partial charge in [-0.2, -0.15) is 0 Å². The topological polar surface area (TPSA) is 0 Å². The average molecular weight is 389 g/mol. The van der Waals surface area contributed by atoms with Crippen LogP contribution >= 0.6 is 9.16 Å². The molecule has 0 heterocycles. The Kier molecular flexibility index (Phi) is 4.99. The van der Waals surface area contributed by atoms with Crippen molar-refractivity contribution in [3.8, 4) is 0 Å². The van der Waals surface area contributed by atoms with E-state index in [-0.39, 0.29) is 4.75 Å². The lowest BCUT2D eigenvalue weighted by Crippen LogP contribution is -2.58. The molecule has 0 spiro atoms. The van der Waals surface area contributed by atoms with Gasteiger partial charge >= 0.3 is 0 Å². The van der Waals surface area contributed by atoms with E-state index in [1.165, 1.54) is 43.6 Å². The zero-order valence-electron chi connectivity index (χ0n) is 19.6. The van der Waals surface area contributed by atoms with Gasteiger partial charge in [0.15, 0.2) is 0 Å². The van der Waals surface area contributed by atoms with Crippen LogP contribution in [0, 0.1) is 0 Å². The number of rotatable bonds is 5. The lowest BCUT2D eigenvalue weighted by Gasteiger charge is -2.78. The molecule has 3 rings (SSSR count). The minimum atomic E-state index is -2.25. The summed E-state index contributed by atoms with van der Waals surface area (Å²) in [6.45, 7) is 19.9. The summed E-state index contributed by atoms with van der Waals surface area (Å²) < 4.78 is 0.524. The number of allylic oxidation sites excluding steroid dienone is 4. The van der Waals surface area contributed by atoms with Crippen LogP contribution in [0.15, 0.2) is 45.6 Å². The number of hydrogen-bond acceptors (Lipinski definition) is 0. The Hall–Kier alpha value is -0.690. The molecule has 0 radical (unpaired) electrons. The molecule has 3 aliphatic rings. The van der Waals surface area contributed by atoms with Gasteiger partial charge in [-0.15, -0.1) is 0 Å². The second kappa shape index (κ2) is 6.41. The smallest absolute Gasteiger partial charge is 0.0282 e. The highest BCUT2D eigenvalue weighted by Gasteiger charge is 2.65. The van der Waals surface area contributed by atoms with Crippen LogP contribution in [0.4, 0.5) is 0 Å². The van der Waals surface area contributed by atoms with E-state index in [0.29, 0.717) is 4.75 Å². The van der Waals surface area contributed by atoms with Crippen LogP contribution in [0.2, 0.25) is 0 Å². The molecule has 0 aromatic heterocycles. The fourth-order valence-corrected chi connectivity index (χ4v) is 16.1. The van der Waals surface area contributed by atoms with Crippen molar-refractivity contribution in [2.45, 2.75) is 97.0 Å². The minimum absolute atomic E-state index is 0.226. The summed E-state index contributed by atoms with van der Waals surface area (Å²) in [5.74, 6) is 2.67.